The van der Waals surface area contributed by atoms with Gasteiger partial charge < -0.3 is 9.88 Å². The largest absolute Gasteiger partial charge is 0.354 e. The first-order valence-electron chi connectivity index (χ1n) is 7.62. The van der Waals surface area contributed by atoms with Crippen molar-refractivity contribution in [1.82, 2.24) is 9.88 Å². The Bertz CT molecular complexity index is 716. The molecule has 0 bridgehead atoms. The average molecular weight is 296 g/mol. The maximum Gasteiger partial charge on any atom is 0.270 e. The molecule has 4 heteroatoms. The van der Waals surface area contributed by atoms with Gasteiger partial charge in [-0.25, -0.2) is 0 Å². The highest BCUT2D eigenvalue weighted by Gasteiger charge is 2.27. The number of carbonyl (C=O) groups excluding carboxylic acids is 2. The molecule has 1 aliphatic carbocycles. The number of rotatable bonds is 3. The fraction of sp³-hybridized carbons (Fsp3) is 0.333. The quantitative estimate of drug-likeness (QED) is 0.946. The highest BCUT2D eigenvalue weighted by molar-refractivity contribution is 6.04. The molecule has 0 radical (unpaired) electrons. The van der Waals surface area contributed by atoms with Gasteiger partial charge in [-0.3, -0.25) is 9.59 Å². The summed E-state index contributed by atoms with van der Waals surface area (Å²) in [6, 6.07) is 9.88. The summed E-state index contributed by atoms with van der Waals surface area (Å²) >= 11 is 0. The minimum Gasteiger partial charge on any atom is -0.354 e. The highest BCUT2D eigenvalue weighted by Crippen LogP contribution is 2.27. The topological polar surface area (TPSA) is 53.2 Å². The number of aromatic amines is 1. The Morgan fingerprint density at radius 2 is 1.95 bits per heavy atom. The van der Waals surface area contributed by atoms with Crippen LogP contribution in [0.1, 0.15) is 50.5 Å². The Kier molecular flexibility index (Phi) is 3.84. The molecule has 0 atom stereocenters. The Morgan fingerprint density at radius 1 is 1.23 bits per heavy atom. The van der Waals surface area contributed by atoms with Crippen molar-refractivity contribution in [1.29, 1.82) is 0 Å². The summed E-state index contributed by atoms with van der Waals surface area (Å²) in [5, 5.41) is 0. The maximum atomic E-state index is 12.7. The van der Waals surface area contributed by atoms with Crippen molar-refractivity contribution in [2.45, 2.75) is 32.7 Å². The number of H-pyrrole nitrogens is 1. The van der Waals surface area contributed by atoms with E-state index in [1.165, 1.54) is 0 Å². The van der Waals surface area contributed by atoms with E-state index in [0.717, 1.165) is 35.2 Å². The zero-order chi connectivity index (χ0) is 15.7. The molecular weight excluding hydrogens is 276 g/mol. The second-order valence-corrected chi connectivity index (χ2v) is 5.90. The number of carbonyl (C=O) groups is 2. The number of nitrogens with one attached hydrogen (secondary N) is 1. The van der Waals surface area contributed by atoms with E-state index < -0.39 is 0 Å². The fourth-order valence-corrected chi connectivity index (χ4v) is 3.11. The van der Waals surface area contributed by atoms with Crippen LogP contribution in [0.4, 0.5) is 0 Å². The van der Waals surface area contributed by atoms with Crippen molar-refractivity contribution in [3.05, 3.63) is 58.4 Å². The third-order valence-corrected chi connectivity index (χ3v) is 4.26. The molecule has 1 aromatic carbocycles. The van der Waals surface area contributed by atoms with Crippen molar-refractivity contribution in [2.24, 2.45) is 0 Å². The third-order valence-electron chi connectivity index (χ3n) is 4.26. The second-order valence-electron chi connectivity index (χ2n) is 5.90. The predicted octanol–water partition coefficient (Wildman–Crippen LogP) is 3.11. The van der Waals surface area contributed by atoms with Gasteiger partial charge in [0.25, 0.3) is 5.91 Å². The number of Topliss-reactive ketones (excluding diaryl/α,β-unsaturated/α-hetero) is 1. The Balaban J connectivity index is 1.85. The standard InChI is InChI=1S/C18H20N2O2/c1-12-16-14(9-6-10-15(16)21)19-17(12)18(22)20(2)11-13-7-4-3-5-8-13/h3-5,7-8,19H,6,9-11H2,1-2H3. The zero-order valence-corrected chi connectivity index (χ0v) is 13.0. The molecule has 1 N–H and O–H groups in total. The van der Waals surface area contributed by atoms with Gasteiger partial charge in [-0.2, -0.15) is 0 Å². The molecule has 0 saturated carbocycles. The smallest absolute Gasteiger partial charge is 0.270 e. The molecular formula is C18H20N2O2. The molecule has 0 aliphatic heterocycles. The molecule has 1 amide bonds. The van der Waals surface area contributed by atoms with Gasteiger partial charge in [0, 0.05) is 31.3 Å². The summed E-state index contributed by atoms with van der Waals surface area (Å²) in [7, 11) is 1.79. The number of benzene rings is 1. The van der Waals surface area contributed by atoms with Gasteiger partial charge in [-0.15, -0.1) is 0 Å². The molecule has 0 unspecified atom stereocenters. The van der Waals surface area contributed by atoms with Crippen LogP contribution in [0.25, 0.3) is 0 Å². The summed E-state index contributed by atoms with van der Waals surface area (Å²) in [5.41, 5.74) is 4.10. The molecule has 1 heterocycles. The molecule has 2 aromatic rings. The van der Waals surface area contributed by atoms with Crippen LogP contribution >= 0.6 is 0 Å². The molecule has 1 aliphatic rings. The van der Waals surface area contributed by atoms with E-state index in [0.29, 0.717) is 18.7 Å². The van der Waals surface area contributed by atoms with Crippen LogP contribution < -0.4 is 0 Å². The lowest BCUT2D eigenvalue weighted by Gasteiger charge is -2.17. The van der Waals surface area contributed by atoms with Crippen LogP contribution in [0, 0.1) is 6.92 Å². The number of nitrogens with zero attached hydrogens (tertiary/aromatic N) is 1. The Morgan fingerprint density at radius 3 is 2.64 bits per heavy atom. The normalized spacial score (nSPS) is 13.8. The lowest BCUT2D eigenvalue weighted by Crippen LogP contribution is -2.27. The number of amides is 1. The molecule has 0 spiro atoms. The van der Waals surface area contributed by atoms with E-state index in [2.05, 4.69) is 4.98 Å². The van der Waals surface area contributed by atoms with Gasteiger partial charge in [-0.05, 0) is 30.9 Å². The number of fused-ring (bicyclic) bond motifs is 1. The summed E-state index contributed by atoms with van der Waals surface area (Å²) in [6.07, 6.45) is 2.29. The van der Waals surface area contributed by atoms with Gasteiger partial charge in [0.2, 0.25) is 0 Å². The van der Waals surface area contributed by atoms with E-state index in [1.807, 2.05) is 37.3 Å². The van der Waals surface area contributed by atoms with Crippen LogP contribution in [-0.4, -0.2) is 28.6 Å². The summed E-state index contributed by atoms with van der Waals surface area (Å²) in [6.45, 7) is 2.42. The van der Waals surface area contributed by atoms with Crippen molar-refractivity contribution in [3.8, 4) is 0 Å². The monoisotopic (exact) mass is 296 g/mol. The number of hydrogen-bond acceptors (Lipinski definition) is 2. The number of aromatic nitrogens is 1. The van der Waals surface area contributed by atoms with Crippen LogP contribution in [0.5, 0.6) is 0 Å². The molecule has 22 heavy (non-hydrogen) atoms. The maximum absolute atomic E-state index is 12.7. The zero-order valence-electron chi connectivity index (χ0n) is 13.0. The molecule has 1 aromatic heterocycles. The van der Waals surface area contributed by atoms with E-state index in [4.69, 9.17) is 0 Å². The van der Waals surface area contributed by atoms with Gasteiger partial charge in [-0.1, -0.05) is 30.3 Å². The molecule has 3 rings (SSSR count). The first kappa shape index (κ1) is 14.6. The SMILES string of the molecule is Cc1c(C(=O)N(C)Cc2ccccc2)[nH]c2c1C(=O)CCC2. The lowest BCUT2D eigenvalue weighted by atomic mass is 9.94. The molecule has 0 saturated heterocycles. The summed E-state index contributed by atoms with van der Waals surface area (Å²) in [5.74, 6) is 0.0864. The molecule has 114 valence electrons. The summed E-state index contributed by atoms with van der Waals surface area (Å²) in [4.78, 5) is 29.6. The van der Waals surface area contributed by atoms with E-state index >= 15 is 0 Å². The number of aryl methyl sites for hydroxylation is 1. The van der Waals surface area contributed by atoms with Crippen molar-refractivity contribution in [3.63, 3.8) is 0 Å². The van der Waals surface area contributed by atoms with Crippen LogP contribution in [0.3, 0.4) is 0 Å². The van der Waals surface area contributed by atoms with E-state index in [9.17, 15) is 9.59 Å². The minimum atomic E-state index is -0.0662. The van der Waals surface area contributed by atoms with Crippen molar-refractivity contribution >= 4 is 11.7 Å². The fourth-order valence-electron chi connectivity index (χ4n) is 3.11. The average Bonchev–Trinajstić information content (AvgIpc) is 2.86. The number of hydrogen-bond donors (Lipinski definition) is 1. The van der Waals surface area contributed by atoms with Gasteiger partial charge in [0.1, 0.15) is 5.69 Å². The van der Waals surface area contributed by atoms with Crippen LogP contribution in [0.2, 0.25) is 0 Å². The van der Waals surface area contributed by atoms with E-state index in [1.54, 1.807) is 11.9 Å². The van der Waals surface area contributed by atoms with Gasteiger partial charge >= 0.3 is 0 Å². The summed E-state index contributed by atoms with van der Waals surface area (Å²) < 4.78 is 0. The van der Waals surface area contributed by atoms with Crippen LogP contribution in [0.15, 0.2) is 30.3 Å². The lowest BCUT2D eigenvalue weighted by molar-refractivity contribution is 0.0779. The van der Waals surface area contributed by atoms with Crippen molar-refractivity contribution < 1.29 is 9.59 Å². The Hall–Kier alpha value is -2.36. The third kappa shape index (κ3) is 2.56. The minimum absolute atomic E-state index is 0.0662. The first-order chi connectivity index (χ1) is 10.6. The van der Waals surface area contributed by atoms with Crippen molar-refractivity contribution in [2.75, 3.05) is 7.05 Å². The second kappa shape index (κ2) is 5.79. The molecule has 4 nitrogen and oxygen atoms in total. The molecule has 0 fully saturated rings. The van der Waals surface area contributed by atoms with Gasteiger partial charge in [0.05, 0.1) is 0 Å². The Labute approximate surface area is 130 Å². The van der Waals surface area contributed by atoms with Gasteiger partial charge in [0.15, 0.2) is 5.78 Å². The highest BCUT2D eigenvalue weighted by atomic mass is 16.2. The van der Waals surface area contributed by atoms with E-state index in [-0.39, 0.29) is 11.7 Å². The van der Waals surface area contributed by atoms with Crippen LogP contribution in [-0.2, 0) is 13.0 Å². The predicted molar refractivity (Wildman–Crippen MR) is 85.0 cm³/mol. The number of ketones is 1. The first-order valence-corrected chi connectivity index (χ1v) is 7.62.